The molecule has 13 heavy (non-hydrogen) atoms. The molecule has 1 aromatic rings. The summed E-state index contributed by atoms with van der Waals surface area (Å²) in [5, 5.41) is 3.75. The zero-order valence-electron chi connectivity index (χ0n) is 7.29. The first-order valence-corrected chi connectivity index (χ1v) is 5.09. The maximum atomic E-state index is 12.5. The van der Waals surface area contributed by atoms with Crippen molar-refractivity contribution in [2.24, 2.45) is 0 Å². The standard InChI is InChI=1S/C9H10FNOS/c1-6-4-13-5-8(6)9(12)11-2-7(10)3-11/h4-5,7H,2-3H2,1H3. The summed E-state index contributed by atoms with van der Waals surface area (Å²) in [6.45, 7) is 2.42. The van der Waals surface area contributed by atoms with Crippen molar-refractivity contribution in [3.05, 3.63) is 21.9 Å². The monoisotopic (exact) mass is 199 g/mol. The second-order valence-corrected chi connectivity index (χ2v) is 4.02. The molecular weight excluding hydrogens is 189 g/mol. The topological polar surface area (TPSA) is 20.3 Å². The summed E-state index contributed by atoms with van der Waals surface area (Å²) in [4.78, 5) is 13.2. The van der Waals surface area contributed by atoms with E-state index < -0.39 is 6.17 Å². The molecule has 2 heterocycles. The highest BCUT2D eigenvalue weighted by molar-refractivity contribution is 7.08. The molecule has 1 aliphatic heterocycles. The summed E-state index contributed by atoms with van der Waals surface area (Å²) in [5.41, 5.74) is 1.70. The number of hydrogen-bond donors (Lipinski definition) is 0. The molecular formula is C9H10FNOS. The number of alkyl halides is 1. The molecule has 2 rings (SSSR count). The van der Waals surface area contributed by atoms with Crippen molar-refractivity contribution in [3.8, 4) is 0 Å². The van der Waals surface area contributed by atoms with Crippen molar-refractivity contribution < 1.29 is 9.18 Å². The number of aryl methyl sites for hydroxylation is 1. The molecule has 1 aliphatic rings. The second kappa shape index (κ2) is 3.10. The summed E-state index contributed by atoms with van der Waals surface area (Å²) in [6.07, 6.45) is -0.817. The molecule has 0 spiro atoms. The Morgan fingerprint density at radius 2 is 2.31 bits per heavy atom. The van der Waals surface area contributed by atoms with Crippen LogP contribution in [0.4, 0.5) is 4.39 Å². The van der Waals surface area contributed by atoms with Crippen LogP contribution in [0.15, 0.2) is 10.8 Å². The van der Waals surface area contributed by atoms with E-state index in [1.807, 2.05) is 17.7 Å². The van der Waals surface area contributed by atoms with Gasteiger partial charge < -0.3 is 4.90 Å². The maximum Gasteiger partial charge on any atom is 0.255 e. The van der Waals surface area contributed by atoms with E-state index in [-0.39, 0.29) is 19.0 Å². The van der Waals surface area contributed by atoms with Gasteiger partial charge in [-0.25, -0.2) is 4.39 Å². The number of nitrogens with zero attached hydrogens (tertiary/aromatic N) is 1. The fourth-order valence-electron chi connectivity index (χ4n) is 1.34. The summed E-state index contributed by atoms with van der Waals surface area (Å²) in [5.74, 6) is -0.0346. The number of rotatable bonds is 1. The minimum Gasteiger partial charge on any atom is -0.333 e. The zero-order chi connectivity index (χ0) is 9.42. The van der Waals surface area contributed by atoms with Crippen LogP contribution in [-0.2, 0) is 0 Å². The summed E-state index contributed by atoms with van der Waals surface area (Å²) in [7, 11) is 0. The lowest BCUT2D eigenvalue weighted by Gasteiger charge is -2.34. The first-order chi connectivity index (χ1) is 6.18. The summed E-state index contributed by atoms with van der Waals surface area (Å²) < 4.78 is 12.5. The van der Waals surface area contributed by atoms with Gasteiger partial charge >= 0.3 is 0 Å². The third-order valence-corrected chi connectivity index (χ3v) is 3.07. The van der Waals surface area contributed by atoms with Gasteiger partial charge in [0.1, 0.15) is 6.17 Å². The van der Waals surface area contributed by atoms with Gasteiger partial charge in [-0.1, -0.05) is 0 Å². The minimum atomic E-state index is -0.817. The smallest absolute Gasteiger partial charge is 0.255 e. The van der Waals surface area contributed by atoms with Crippen LogP contribution in [0.25, 0.3) is 0 Å². The Labute approximate surface area is 80.0 Å². The quantitative estimate of drug-likeness (QED) is 0.676. The minimum absolute atomic E-state index is 0.0346. The van der Waals surface area contributed by atoms with Gasteiger partial charge in [0.2, 0.25) is 0 Å². The molecule has 0 aromatic carbocycles. The van der Waals surface area contributed by atoms with Crippen LogP contribution >= 0.6 is 11.3 Å². The molecule has 0 unspecified atom stereocenters. The predicted molar refractivity (Wildman–Crippen MR) is 49.9 cm³/mol. The Morgan fingerprint density at radius 3 is 2.77 bits per heavy atom. The number of amides is 1. The molecule has 1 aromatic heterocycles. The van der Waals surface area contributed by atoms with E-state index in [2.05, 4.69) is 0 Å². The Morgan fingerprint density at radius 1 is 1.62 bits per heavy atom. The van der Waals surface area contributed by atoms with Gasteiger partial charge in [-0.3, -0.25) is 4.79 Å². The number of carbonyl (C=O) groups is 1. The second-order valence-electron chi connectivity index (χ2n) is 3.28. The van der Waals surface area contributed by atoms with E-state index in [4.69, 9.17) is 0 Å². The SMILES string of the molecule is Cc1cscc1C(=O)N1CC(F)C1. The Hall–Kier alpha value is -0.900. The molecule has 0 radical (unpaired) electrons. The molecule has 4 heteroatoms. The normalized spacial score (nSPS) is 17.2. The van der Waals surface area contributed by atoms with Gasteiger partial charge in [-0.05, 0) is 17.9 Å². The van der Waals surface area contributed by atoms with Gasteiger partial charge in [-0.15, -0.1) is 0 Å². The third kappa shape index (κ3) is 1.46. The van der Waals surface area contributed by atoms with Crippen LogP contribution < -0.4 is 0 Å². The average Bonchev–Trinajstić information content (AvgIpc) is 2.44. The molecule has 70 valence electrons. The van der Waals surface area contributed by atoms with Crippen LogP contribution in [-0.4, -0.2) is 30.1 Å². The average molecular weight is 199 g/mol. The van der Waals surface area contributed by atoms with Crippen molar-refractivity contribution in [3.63, 3.8) is 0 Å². The highest BCUT2D eigenvalue weighted by Crippen LogP contribution is 2.20. The Kier molecular flexibility index (Phi) is 2.07. The number of likely N-dealkylation sites (tertiary alicyclic amines) is 1. The molecule has 2 nitrogen and oxygen atoms in total. The first-order valence-electron chi connectivity index (χ1n) is 4.14. The number of thiophene rings is 1. The van der Waals surface area contributed by atoms with Gasteiger partial charge in [0, 0.05) is 5.38 Å². The van der Waals surface area contributed by atoms with Gasteiger partial charge in [0.05, 0.1) is 18.7 Å². The van der Waals surface area contributed by atoms with E-state index in [0.29, 0.717) is 0 Å². The van der Waals surface area contributed by atoms with Gasteiger partial charge in [-0.2, -0.15) is 11.3 Å². The van der Waals surface area contributed by atoms with Crippen molar-refractivity contribution in [1.29, 1.82) is 0 Å². The van der Waals surface area contributed by atoms with Gasteiger partial charge in [0.25, 0.3) is 5.91 Å². The van der Waals surface area contributed by atoms with Crippen LogP contribution in [0.1, 0.15) is 15.9 Å². The van der Waals surface area contributed by atoms with E-state index in [1.54, 1.807) is 4.90 Å². The molecule has 0 N–H and O–H groups in total. The van der Waals surface area contributed by atoms with E-state index >= 15 is 0 Å². The van der Waals surface area contributed by atoms with Crippen LogP contribution in [0.2, 0.25) is 0 Å². The van der Waals surface area contributed by atoms with E-state index in [9.17, 15) is 9.18 Å². The van der Waals surface area contributed by atoms with Crippen molar-refractivity contribution in [1.82, 2.24) is 4.90 Å². The van der Waals surface area contributed by atoms with Crippen molar-refractivity contribution >= 4 is 17.2 Å². The maximum absolute atomic E-state index is 12.5. The Bertz CT molecular complexity index is 330. The zero-order valence-corrected chi connectivity index (χ0v) is 8.10. The summed E-state index contributed by atoms with van der Waals surface area (Å²) in [6, 6.07) is 0. The van der Waals surface area contributed by atoms with Gasteiger partial charge in [0.15, 0.2) is 0 Å². The molecule has 1 fully saturated rings. The highest BCUT2D eigenvalue weighted by atomic mass is 32.1. The number of halogens is 1. The molecule has 0 bridgehead atoms. The summed E-state index contributed by atoms with van der Waals surface area (Å²) >= 11 is 1.51. The van der Waals surface area contributed by atoms with E-state index in [0.717, 1.165) is 11.1 Å². The third-order valence-electron chi connectivity index (χ3n) is 2.21. The lowest BCUT2D eigenvalue weighted by atomic mass is 10.1. The molecule has 1 amide bonds. The molecule has 1 saturated heterocycles. The lowest BCUT2D eigenvalue weighted by molar-refractivity contribution is 0.0400. The molecule has 0 atom stereocenters. The number of carbonyl (C=O) groups excluding carboxylic acids is 1. The van der Waals surface area contributed by atoms with Crippen molar-refractivity contribution in [2.75, 3.05) is 13.1 Å². The highest BCUT2D eigenvalue weighted by Gasteiger charge is 2.31. The van der Waals surface area contributed by atoms with Crippen LogP contribution in [0.3, 0.4) is 0 Å². The fourth-order valence-corrected chi connectivity index (χ4v) is 2.16. The molecule has 0 saturated carbocycles. The van der Waals surface area contributed by atoms with Crippen LogP contribution in [0, 0.1) is 6.92 Å². The first kappa shape index (κ1) is 8.69. The van der Waals surface area contributed by atoms with Crippen LogP contribution in [0.5, 0.6) is 0 Å². The van der Waals surface area contributed by atoms with E-state index in [1.165, 1.54) is 11.3 Å². The largest absolute Gasteiger partial charge is 0.333 e. The molecule has 0 aliphatic carbocycles. The number of hydrogen-bond acceptors (Lipinski definition) is 2. The van der Waals surface area contributed by atoms with Crippen molar-refractivity contribution in [2.45, 2.75) is 13.1 Å². The fraction of sp³-hybridized carbons (Fsp3) is 0.444. The lowest BCUT2D eigenvalue weighted by Crippen LogP contribution is -2.51. The Balaban J connectivity index is 2.10. The predicted octanol–water partition coefficient (Wildman–Crippen LogP) is 1.85.